The van der Waals surface area contributed by atoms with E-state index in [4.69, 9.17) is 4.98 Å². The molecule has 1 N–H and O–H groups in total. The number of fused-ring (bicyclic) bond motifs is 1. The second-order valence-corrected chi connectivity index (χ2v) is 9.08. The lowest BCUT2D eigenvalue weighted by Gasteiger charge is -2.33. The Morgan fingerprint density at radius 1 is 1.03 bits per heavy atom. The van der Waals surface area contributed by atoms with Gasteiger partial charge in [0, 0.05) is 48.6 Å². The van der Waals surface area contributed by atoms with Gasteiger partial charge < -0.3 is 15.1 Å². The Morgan fingerprint density at radius 3 is 2.55 bits per heavy atom. The van der Waals surface area contributed by atoms with Crippen molar-refractivity contribution in [2.45, 2.75) is 31.7 Å². The molecule has 2 amide bonds. The maximum Gasteiger partial charge on any atom is 0.257 e. The molecule has 5 rings (SSSR count). The van der Waals surface area contributed by atoms with Crippen molar-refractivity contribution in [2.24, 2.45) is 0 Å². The van der Waals surface area contributed by atoms with Gasteiger partial charge in [0.15, 0.2) is 0 Å². The van der Waals surface area contributed by atoms with E-state index in [0.717, 1.165) is 55.5 Å². The summed E-state index contributed by atoms with van der Waals surface area (Å²) in [5, 5.41) is 7.87. The molecule has 0 spiro atoms. The van der Waals surface area contributed by atoms with Crippen LogP contribution in [-0.4, -0.2) is 53.9 Å². The van der Waals surface area contributed by atoms with E-state index in [0.29, 0.717) is 24.2 Å². The molecule has 0 bridgehead atoms. The molecular weight excluding hydrogens is 408 g/mol. The van der Waals surface area contributed by atoms with Gasteiger partial charge in [0.05, 0.1) is 11.1 Å². The Morgan fingerprint density at radius 2 is 1.81 bits per heavy atom. The number of benzene rings is 1. The lowest BCUT2D eigenvalue weighted by atomic mass is 10.0. The van der Waals surface area contributed by atoms with Crippen LogP contribution in [-0.2, 0) is 0 Å². The van der Waals surface area contributed by atoms with E-state index in [9.17, 15) is 9.59 Å². The first kappa shape index (κ1) is 20.0. The number of carbonyl (C=O) groups excluding carboxylic acids is 2. The molecule has 0 atom stereocenters. The average molecular weight is 435 g/mol. The minimum Gasteiger partial charge on any atom is -0.356 e. The largest absolute Gasteiger partial charge is 0.356 e. The highest BCUT2D eigenvalue weighted by molar-refractivity contribution is 7.08. The van der Waals surface area contributed by atoms with Gasteiger partial charge in [0.25, 0.3) is 11.8 Å². The molecule has 3 aromatic rings. The predicted octanol–water partition coefficient (Wildman–Crippen LogP) is 3.93. The number of para-hydroxylation sites is 1. The number of aromatic nitrogens is 1. The van der Waals surface area contributed by atoms with Gasteiger partial charge in [-0.3, -0.25) is 9.59 Å². The van der Waals surface area contributed by atoms with Crippen LogP contribution in [0.1, 0.15) is 46.4 Å². The third-order valence-electron chi connectivity index (χ3n) is 6.24. The Labute approximate surface area is 185 Å². The van der Waals surface area contributed by atoms with Crippen molar-refractivity contribution in [2.75, 3.05) is 31.1 Å². The minimum absolute atomic E-state index is 0.0268. The number of hydrogen-bond acceptors (Lipinski definition) is 5. The number of likely N-dealkylation sites (tertiary alicyclic amines) is 1. The van der Waals surface area contributed by atoms with E-state index in [1.807, 2.05) is 52.1 Å². The summed E-state index contributed by atoms with van der Waals surface area (Å²) in [6.45, 7) is 3.17. The highest BCUT2D eigenvalue weighted by atomic mass is 32.1. The molecule has 0 unspecified atom stereocenters. The maximum atomic E-state index is 13.5. The van der Waals surface area contributed by atoms with Crippen molar-refractivity contribution in [3.05, 3.63) is 58.3 Å². The molecule has 0 aliphatic carbocycles. The fraction of sp³-hybridized carbons (Fsp3) is 0.375. The van der Waals surface area contributed by atoms with E-state index in [1.165, 1.54) is 11.3 Å². The van der Waals surface area contributed by atoms with E-state index < -0.39 is 0 Å². The highest BCUT2D eigenvalue weighted by Crippen LogP contribution is 2.28. The number of anilines is 1. The zero-order valence-electron chi connectivity index (χ0n) is 17.4. The number of amides is 2. The molecule has 1 aromatic carbocycles. The van der Waals surface area contributed by atoms with E-state index in [-0.39, 0.29) is 17.9 Å². The second kappa shape index (κ2) is 8.67. The summed E-state index contributed by atoms with van der Waals surface area (Å²) in [6.07, 6.45) is 3.80. The van der Waals surface area contributed by atoms with Gasteiger partial charge in [0.1, 0.15) is 5.82 Å². The van der Waals surface area contributed by atoms with Crippen LogP contribution in [0, 0.1) is 0 Å². The molecule has 6 nitrogen and oxygen atoms in total. The Kier molecular flexibility index (Phi) is 5.59. The Balaban J connectivity index is 1.32. The number of rotatable bonds is 4. The summed E-state index contributed by atoms with van der Waals surface area (Å²) in [5.41, 5.74) is 2.33. The van der Waals surface area contributed by atoms with Crippen molar-refractivity contribution in [1.82, 2.24) is 15.2 Å². The number of nitrogens with one attached hydrogen (secondary N) is 1. The molecule has 4 heterocycles. The minimum atomic E-state index is -0.0268. The van der Waals surface area contributed by atoms with Gasteiger partial charge in [-0.05, 0) is 49.3 Å². The van der Waals surface area contributed by atoms with Crippen LogP contribution in [0.25, 0.3) is 10.9 Å². The van der Waals surface area contributed by atoms with E-state index in [2.05, 4.69) is 10.2 Å². The third kappa shape index (κ3) is 4.14. The average Bonchev–Trinajstić information content (AvgIpc) is 3.53. The van der Waals surface area contributed by atoms with Crippen LogP contribution in [0.5, 0.6) is 0 Å². The summed E-state index contributed by atoms with van der Waals surface area (Å²) in [4.78, 5) is 34.9. The fourth-order valence-electron chi connectivity index (χ4n) is 4.49. The molecule has 0 radical (unpaired) electrons. The van der Waals surface area contributed by atoms with Crippen molar-refractivity contribution >= 4 is 39.9 Å². The molecule has 160 valence electrons. The second-order valence-electron chi connectivity index (χ2n) is 8.30. The maximum absolute atomic E-state index is 13.5. The van der Waals surface area contributed by atoms with Crippen LogP contribution in [0.2, 0.25) is 0 Å². The summed E-state index contributed by atoms with van der Waals surface area (Å²) < 4.78 is 0. The predicted molar refractivity (Wildman–Crippen MR) is 124 cm³/mol. The lowest BCUT2D eigenvalue weighted by molar-refractivity contribution is 0.0698. The van der Waals surface area contributed by atoms with E-state index in [1.54, 1.807) is 0 Å². The van der Waals surface area contributed by atoms with Crippen molar-refractivity contribution in [3.63, 3.8) is 0 Å². The molecule has 2 aliphatic rings. The van der Waals surface area contributed by atoms with Crippen LogP contribution in [0.4, 0.5) is 5.82 Å². The smallest absolute Gasteiger partial charge is 0.257 e. The van der Waals surface area contributed by atoms with Gasteiger partial charge >= 0.3 is 0 Å². The fourth-order valence-corrected chi connectivity index (χ4v) is 5.13. The van der Waals surface area contributed by atoms with Crippen molar-refractivity contribution < 1.29 is 9.59 Å². The van der Waals surface area contributed by atoms with Gasteiger partial charge in [-0.1, -0.05) is 18.2 Å². The van der Waals surface area contributed by atoms with Gasteiger partial charge in [0.2, 0.25) is 0 Å². The van der Waals surface area contributed by atoms with Gasteiger partial charge in [-0.15, -0.1) is 0 Å². The van der Waals surface area contributed by atoms with E-state index >= 15 is 0 Å². The molecule has 0 saturated carbocycles. The van der Waals surface area contributed by atoms with Crippen LogP contribution in [0.3, 0.4) is 0 Å². The molecule has 2 fully saturated rings. The number of piperidine rings is 1. The quantitative estimate of drug-likeness (QED) is 0.676. The molecular formula is C24H26N4O2S. The van der Waals surface area contributed by atoms with Crippen LogP contribution >= 0.6 is 11.3 Å². The first-order valence-electron chi connectivity index (χ1n) is 11.0. The Bertz CT molecular complexity index is 1080. The highest BCUT2D eigenvalue weighted by Gasteiger charge is 2.29. The number of pyridine rings is 1. The standard InChI is InChI=1S/C24H26N4O2S/c29-23(18-9-14-31-16-18)25-19-7-12-28(13-8-19)24(30)20-15-17-5-1-2-6-21(17)26-22(20)27-10-3-4-11-27/h1-2,5-6,9,14-16,19H,3-4,7-8,10-13H2,(H,25,29). The lowest BCUT2D eigenvalue weighted by Crippen LogP contribution is -2.46. The number of carbonyl (C=O) groups is 2. The van der Waals surface area contributed by atoms with Crippen molar-refractivity contribution in [3.8, 4) is 0 Å². The van der Waals surface area contributed by atoms with Gasteiger partial charge in [-0.25, -0.2) is 4.98 Å². The topological polar surface area (TPSA) is 65.5 Å². The summed E-state index contributed by atoms with van der Waals surface area (Å²) in [6, 6.07) is 11.9. The zero-order valence-corrected chi connectivity index (χ0v) is 18.2. The number of thiophene rings is 1. The normalized spacial score (nSPS) is 17.3. The summed E-state index contributed by atoms with van der Waals surface area (Å²) >= 11 is 1.52. The Hall–Kier alpha value is -2.93. The molecule has 2 aliphatic heterocycles. The number of nitrogens with zero attached hydrogens (tertiary/aromatic N) is 3. The first-order chi connectivity index (χ1) is 15.2. The molecule has 7 heteroatoms. The molecule has 2 saturated heterocycles. The summed E-state index contributed by atoms with van der Waals surface area (Å²) in [7, 11) is 0. The summed E-state index contributed by atoms with van der Waals surface area (Å²) in [5.74, 6) is 0.831. The first-order valence-corrected chi connectivity index (χ1v) is 11.9. The van der Waals surface area contributed by atoms with Crippen LogP contribution in [0.15, 0.2) is 47.2 Å². The van der Waals surface area contributed by atoms with Crippen LogP contribution < -0.4 is 10.2 Å². The van der Waals surface area contributed by atoms with Gasteiger partial charge in [-0.2, -0.15) is 11.3 Å². The van der Waals surface area contributed by atoms with Crippen molar-refractivity contribution in [1.29, 1.82) is 0 Å². The molecule has 2 aromatic heterocycles. The third-order valence-corrected chi connectivity index (χ3v) is 6.92. The SMILES string of the molecule is O=C(NC1CCN(C(=O)c2cc3ccccc3nc2N2CCCC2)CC1)c1ccsc1. The number of hydrogen-bond donors (Lipinski definition) is 1. The zero-order chi connectivity index (χ0) is 21.2. The molecule has 31 heavy (non-hydrogen) atoms. The monoisotopic (exact) mass is 434 g/mol.